The van der Waals surface area contributed by atoms with Crippen molar-refractivity contribution >= 4 is 17.7 Å². The molecule has 1 aliphatic rings. The molecule has 2 aromatic rings. The first-order chi connectivity index (χ1) is 15.0. The largest absolute Gasteiger partial charge is 0.496 e. The second kappa shape index (κ2) is 10.5. The van der Waals surface area contributed by atoms with E-state index >= 15 is 0 Å². The van der Waals surface area contributed by atoms with Crippen LogP contribution in [0.25, 0.3) is 0 Å². The number of hydrogen-bond acceptors (Lipinski definition) is 6. The smallest absolute Gasteiger partial charge is 0.274 e. The van der Waals surface area contributed by atoms with Gasteiger partial charge in [-0.15, -0.1) is 0 Å². The monoisotopic (exact) mass is 425 g/mol. The number of benzene rings is 1. The van der Waals surface area contributed by atoms with E-state index in [0.29, 0.717) is 43.8 Å². The number of aromatic nitrogens is 2. The minimum atomic E-state index is -0.715. The minimum Gasteiger partial charge on any atom is -0.496 e. The van der Waals surface area contributed by atoms with Crippen LogP contribution in [0.3, 0.4) is 0 Å². The third-order valence-corrected chi connectivity index (χ3v) is 5.22. The van der Waals surface area contributed by atoms with Crippen molar-refractivity contribution in [2.45, 2.75) is 38.3 Å². The molecular formula is C22H27N5O4. The lowest BCUT2D eigenvalue weighted by Crippen LogP contribution is -2.53. The average molecular weight is 425 g/mol. The lowest BCUT2D eigenvalue weighted by molar-refractivity contribution is -0.128. The summed E-state index contributed by atoms with van der Waals surface area (Å²) in [6.45, 7) is 2.41. The topological polar surface area (TPSA) is 114 Å². The van der Waals surface area contributed by atoms with Gasteiger partial charge in [0.15, 0.2) is 0 Å². The Hall–Kier alpha value is -3.49. The van der Waals surface area contributed by atoms with Crippen LogP contribution in [-0.4, -0.2) is 64.9 Å². The summed E-state index contributed by atoms with van der Waals surface area (Å²) in [4.78, 5) is 46.8. The van der Waals surface area contributed by atoms with Crippen LogP contribution in [0.15, 0.2) is 42.9 Å². The molecule has 9 nitrogen and oxygen atoms in total. The van der Waals surface area contributed by atoms with Gasteiger partial charge in [-0.2, -0.15) is 0 Å². The number of piperidine rings is 1. The van der Waals surface area contributed by atoms with Crippen LogP contribution >= 0.6 is 0 Å². The predicted octanol–water partition coefficient (Wildman–Crippen LogP) is 0.953. The quantitative estimate of drug-likeness (QED) is 0.683. The summed E-state index contributed by atoms with van der Waals surface area (Å²) in [6.07, 6.45) is 6.03. The number of ether oxygens (including phenoxy) is 1. The second-order valence-corrected chi connectivity index (χ2v) is 7.43. The van der Waals surface area contributed by atoms with E-state index in [2.05, 4.69) is 20.6 Å². The van der Waals surface area contributed by atoms with Gasteiger partial charge in [0, 0.05) is 44.9 Å². The van der Waals surface area contributed by atoms with Gasteiger partial charge in [0.25, 0.3) is 5.91 Å². The van der Waals surface area contributed by atoms with Gasteiger partial charge in [0.2, 0.25) is 11.8 Å². The van der Waals surface area contributed by atoms with E-state index in [4.69, 9.17) is 4.74 Å². The molecule has 0 radical (unpaired) electrons. The molecule has 1 fully saturated rings. The number of likely N-dealkylation sites (tertiary alicyclic amines) is 1. The molecule has 1 aliphatic heterocycles. The average Bonchev–Trinajstić information content (AvgIpc) is 2.79. The molecule has 164 valence electrons. The number of amides is 3. The zero-order chi connectivity index (χ0) is 22.2. The SMILES string of the molecule is COc1ccccc1CC(NC(C)=O)C(=O)NC1CCN(C(=O)c2cnccn2)CC1. The first-order valence-electron chi connectivity index (χ1n) is 10.2. The molecule has 2 N–H and O–H groups in total. The second-order valence-electron chi connectivity index (χ2n) is 7.43. The van der Waals surface area contributed by atoms with Crippen LogP contribution in [0.2, 0.25) is 0 Å². The third-order valence-electron chi connectivity index (χ3n) is 5.22. The Bertz CT molecular complexity index is 913. The molecule has 1 aromatic carbocycles. The van der Waals surface area contributed by atoms with Crippen LogP contribution < -0.4 is 15.4 Å². The maximum Gasteiger partial charge on any atom is 0.274 e. The number of nitrogens with one attached hydrogen (secondary N) is 2. The van der Waals surface area contributed by atoms with Gasteiger partial charge in [0.05, 0.1) is 13.3 Å². The van der Waals surface area contributed by atoms with Gasteiger partial charge in [-0.25, -0.2) is 4.98 Å². The zero-order valence-corrected chi connectivity index (χ0v) is 17.7. The lowest BCUT2D eigenvalue weighted by atomic mass is 10.0. The van der Waals surface area contributed by atoms with Crippen molar-refractivity contribution in [1.82, 2.24) is 25.5 Å². The van der Waals surface area contributed by atoms with E-state index in [0.717, 1.165) is 5.56 Å². The molecule has 1 aromatic heterocycles. The molecule has 31 heavy (non-hydrogen) atoms. The summed E-state index contributed by atoms with van der Waals surface area (Å²) in [6, 6.07) is 6.62. The summed E-state index contributed by atoms with van der Waals surface area (Å²) >= 11 is 0. The van der Waals surface area contributed by atoms with Crippen molar-refractivity contribution in [2.75, 3.05) is 20.2 Å². The molecule has 1 unspecified atom stereocenters. The molecule has 1 saturated heterocycles. The van der Waals surface area contributed by atoms with Gasteiger partial charge in [-0.1, -0.05) is 18.2 Å². The van der Waals surface area contributed by atoms with Crippen LogP contribution in [0, 0.1) is 0 Å². The molecule has 0 bridgehead atoms. The highest BCUT2D eigenvalue weighted by molar-refractivity contribution is 5.92. The number of methoxy groups -OCH3 is 1. The maximum atomic E-state index is 12.9. The summed E-state index contributed by atoms with van der Waals surface area (Å²) in [5.41, 5.74) is 1.15. The molecule has 3 rings (SSSR count). The first kappa shape index (κ1) is 22.2. The van der Waals surface area contributed by atoms with Crippen molar-refractivity contribution in [2.24, 2.45) is 0 Å². The normalized spacial score (nSPS) is 15.1. The molecule has 2 heterocycles. The summed E-state index contributed by atoms with van der Waals surface area (Å²) < 4.78 is 5.36. The fourth-order valence-corrected chi connectivity index (χ4v) is 3.65. The molecule has 1 atom stereocenters. The maximum absolute atomic E-state index is 12.9. The fraction of sp³-hybridized carbons (Fsp3) is 0.409. The number of nitrogens with zero attached hydrogens (tertiary/aromatic N) is 3. The molecular weight excluding hydrogens is 398 g/mol. The Morgan fingerprint density at radius 2 is 1.94 bits per heavy atom. The lowest BCUT2D eigenvalue weighted by Gasteiger charge is -2.33. The van der Waals surface area contributed by atoms with E-state index in [1.807, 2.05) is 24.3 Å². The molecule has 0 saturated carbocycles. The third kappa shape index (κ3) is 6.00. The fourth-order valence-electron chi connectivity index (χ4n) is 3.65. The Morgan fingerprint density at radius 3 is 2.58 bits per heavy atom. The van der Waals surface area contributed by atoms with E-state index in [9.17, 15) is 14.4 Å². The van der Waals surface area contributed by atoms with Crippen molar-refractivity contribution in [3.8, 4) is 5.75 Å². The molecule has 3 amide bonds. The predicted molar refractivity (Wildman–Crippen MR) is 113 cm³/mol. The van der Waals surface area contributed by atoms with Crippen molar-refractivity contribution in [3.63, 3.8) is 0 Å². The summed E-state index contributed by atoms with van der Waals surface area (Å²) in [7, 11) is 1.57. The van der Waals surface area contributed by atoms with Crippen LogP contribution in [0.5, 0.6) is 5.75 Å². The summed E-state index contributed by atoms with van der Waals surface area (Å²) in [5, 5.41) is 5.75. The van der Waals surface area contributed by atoms with Gasteiger partial charge in [0.1, 0.15) is 17.5 Å². The zero-order valence-electron chi connectivity index (χ0n) is 17.7. The van der Waals surface area contributed by atoms with E-state index in [1.165, 1.54) is 25.5 Å². The Balaban J connectivity index is 1.58. The van der Waals surface area contributed by atoms with Crippen LogP contribution in [0.4, 0.5) is 0 Å². The van der Waals surface area contributed by atoms with E-state index in [1.54, 1.807) is 12.0 Å². The Morgan fingerprint density at radius 1 is 1.19 bits per heavy atom. The Labute approximate surface area is 181 Å². The van der Waals surface area contributed by atoms with Gasteiger partial charge < -0.3 is 20.3 Å². The number of hydrogen-bond donors (Lipinski definition) is 2. The highest BCUT2D eigenvalue weighted by atomic mass is 16.5. The number of carbonyl (C=O) groups is 3. The number of rotatable bonds is 7. The van der Waals surface area contributed by atoms with Crippen molar-refractivity contribution in [1.29, 1.82) is 0 Å². The molecule has 0 aliphatic carbocycles. The Kier molecular flexibility index (Phi) is 7.53. The van der Waals surface area contributed by atoms with Gasteiger partial charge in [-0.3, -0.25) is 19.4 Å². The molecule has 0 spiro atoms. The number of carbonyl (C=O) groups excluding carboxylic acids is 3. The summed E-state index contributed by atoms with van der Waals surface area (Å²) in [5.74, 6) is -0.0223. The highest BCUT2D eigenvalue weighted by Crippen LogP contribution is 2.19. The van der Waals surface area contributed by atoms with Gasteiger partial charge >= 0.3 is 0 Å². The van der Waals surface area contributed by atoms with Gasteiger partial charge in [-0.05, 0) is 24.5 Å². The number of para-hydroxylation sites is 1. The first-order valence-corrected chi connectivity index (χ1v) is 10.2. The van der Waals surface area contributed by atoms with E-state index < -0.39 is 6.04 Å². The van der Waals surface area contributed by atoms with Crippen molar-refractivity contribution < 1.29 is 19.1 Å². The van der Waals surface area contributed by atoms with Crippen LogP contribution in [0.1, 0.15) is 35.8 Å². The molecule has 9 heteroatoms. The van der Waals surface area contributed by atoms with E-state index in [-0.39, 0.29) is 23.8 Å². The highest BCUT2D eigenvalue weighted by Gasteiger charge is 2.28. The standard InChI is InChI=1S/C22H27N5O4/c1-15(28)25-18(13-16-5-3-4-6-20(16)31-2)21(29)26-17-7-11-27(12-8-17)22(30)19-14-23-9-10-24-19/h3-6,9-10,14,17-18H,7-8,11-13H2,1-2H3,(H,25,28)(H,26,29). The van der Waals surface area contributed by atoms with Crippen molar-refractivity contribution in [3.05, 3.63) is 54.1 Å². The minimum absolute atomic E-state index is 0.0765. The van der Waals surface area contributed by atoms with Crippen LogP contribution in [-0.2, 0) is 16.0 Å².